The third-order valence-electron chi connectivity index (χ3n) is 13.9. The van der Waals surface area contributed by atoms with Crippen LogP contribution in [-0.4, -0.2) is 171 Å². The standard InChI is InChI=1S/C56H80N2O14/c1-11-46-42(34-68-56-54(65-10)53(64-9)49(62)38(5)69-56)31-35(2)24-25-44(59)36(3)32-41(26-30-66-28-17-21-40-19-13-12-14-20-40)51(37(4)45(60)33-47(61)71-46)72-55-50(63)48(58(7)8)52(39(6)70-55)67-29-18-23-43-22-15-16-27-57-43/h12-17,19-22,24-25,27,31,36-39,41-42,45-46,48-56,60,62-63H,11,26,28-30,32-34H2,1-10H3/b21-17+,25-24+,35-31+/t36-,37+,38-,39-,41+,42-,45-,46-,48-,49-,50-,51-,52-,53-,54-,55?,56-/m1/s1. The van der Waals surface area contributed by atoms with Gasteiger partial charge in [0.2, 0.25) is 0 Å². The molecule has 1 aromatic heterocycles. The smallest absolute Gasteiger partial charge is 0.308 e. The van der Waals surface area contributed by atoms with Gasteiger partial charge in [-0.25, -0.2) is 4.98 Å². The first-order valence-corrected chi connectivity index (χ1v) is 25.3. The highest BCUT2D eigenvalue weighted by Crippen LogP contribution is 2.36. The molecule has 4 heterocycles. The number of hydrogen-bond acceptors (Lipinski definition) is 16. The maximum Gasteiger partial charge on any atom is 0.308 e. The summed E-state index contributed by atoms with van der Waals surface area (Å²) in [6.45, 7) is 11.7. The van der Waals surface area contributed by atoms with Crippen molar-refractivity contribution in [2.75, 3.05) is 54.7 Å². The number of aromatic nitrogens is 1. The van der Waals surface area contributed by atoms with Gasteiger partial charge in [-0.15, -0.1) is 0 Å². The summed E-state index contributed by atoms with van der Waals surface area (Å²) in [6, 6.07) is 14.8. The number of ketones is 1. The van der Waals surface area contributed by atoms with E-state index in [2.05, 4.69) is 16.8 Å². The highest BCUT2D eigenvalue weighted by molar-refractivity contribution is 5.91. The van der Waals surface area contributed by atoms with Crippen LogP contribution in [0, 0.1) is 35.5 Å². The minimum absolute atomic E-state index is 0.0201. The molecule has 0 amide bonds. The van der Waals surface area contributed by atoms with E-state index in [1.165, 1.54) is 14.2 Å². The number of benzene rings is 1. The number of ether oxygens (including phenoxy) is 9. The minimum atomic E-state index is -1.28. The number of carbonyl (C=O) groups is 2. The number of rotatable bonds is 17. The Morgan fingerprint density at radius 1 is 0.861 bits per heavy atom. The summed E-state index contributed by atoms with van der Waals surface area (Å²) in [7, 11) is 6.66. The molecule has 3 N–H and O–H groups in total. The zero-order valence-electron chi connectivity index (χ0n) is 43.8. The molecule has 0 saturated carbocycles. The SMILES string of the molecule is CC[C@H]1OC(=O)C[C@@H](O)[C@H](C)[C@@H](OC2O[C@H](C)[C@@H](OCC#Cc3ccccn3)[C@H](N(C)C)[C@H]2O)[C@@H](CCOC/C=C/c2ccccc2)C[C@@H](C)C(=O)/C=C/C(C)=C/[C@@H]1CO[C@@H]1O[C@H](C)[C@@H](O)[C@@H](OC)[C@H]1OC. The van der Waals surface area contributed by atoms with Crippen LogP contribution in [0.2, 0.25) is 0 Å². The Labute approximate surface area is 427 Å². The van der Waals surface area contributed by atoms with E-state index in [0.717, 1.165) is 11.1 Å². The molecule has 1 aromatic carbocycles. The number of esters is 1. The Kier molecular flexibility index (Phi) is 24.2. The topological polar surface area (TPSA) is 194 Å². The van der Waals surface area contributed by atoms with Crippen LogP contribution in [0.5, 0.6) is 0 Å². The van der Waals surface area contributed by atoms with Crippen LogP contribution < -0.4 is 0 Å². The van der Waals surface area contributed by atoms with Gasteiger partial charge in [0.1, 0.15) is 48.9 Å². The Balaban J connectivity index is 1.42. The van der Waals surface area contributed by atoms with E-state index in [4.69, 9.17) is 42.6 Å². The molecule has 1 unspecified atom stereocenters. The molecule has 0 bridgehead atoms. The fourth-order valence-corrected chi connectivity index (χ4v) is 9.73. The number of cyclic esters (lactones) is 1. The van der Waals surface area contributed by atoms with Crippen molar-refractivity contribution in [3.63, 3.8) is 0 Å². The maximum absolute atomic E-state index is 14.1. The number of nitrogens with zero attached hydrogens (tertiary/aromatic N) is 2. The van der Waals surface area contributed by atoms with Gasteiger partial charge in [-0.1, -0.05) is 93.0 Å². The molecule has 0 radical (unpaired) electrons. The molecule has 3 aliphatic heterocycles. The Bertz CT molecular complexity index is 2090. The van der Waals surface area contributed by atoms with E-state index in [9.17, 15) is 24.9 Å². The molecule has 16 nitrogen and oxygen atoms in total. The number of hydrogen-bond donors (Lipinski definition) is 3. The Morgan fingerprint density at radius 3 is 2.26 bits per heavy atom. The van der Waals surface area contributed by atoms with Crippen LogP contribution in [0.4, 0.5) is 0 Å². The molecule has 2 aromatic rings. The van der Waals surface area contributed by atoms with Gasteiger partial charge < -0.3 is 62.9 Å². The quantitative estimate of drug-likeness (QED) is 0.101. The third-order valence-corrected chi connectivity index (χ3v) is 13.9. The molecule has 2 fully saturated rings. The van der Waals surface area contributed by atoms with Crippen LogP contribution in [0.15, 0.2) is 84.6 Å². The molecule has 72 heavy (non-hydrogen) atoms. The molecule has 2 saturated heterocycles. The van der Waals surface area contributed by atoms with Crippen molar-refractivity contribution in [2.24, 2.45) is 23.7 Å². The molecule has 0 aliphatic carbocycles. The van der Waals surface area contributed by atoms with Gasteiger partial charge in [0.05, 0.1) is 50.1 Å². The van der Waals surface area contributed by atoms with Crippen molar-refractivity contribution in [1.82, 2.24) is 9.88 Å². The lowest BCUT2D eigenvalue weighted by molar-refractivity contribution is -0.308. The first kappa shape index (κ1) is 58.7. The van der Waals surface area contributed by atoms with E-state index in [1.807, 2.05) is 113 Å². The van der Waals surface area contributed by atoms with E-state index in [-0.39, 0.29) is 32.0 Å². The van der Waals surface area contributed by atoms with Crippen LogP contribution in [0.1, 0.15) is 78.5 Å². The number of methoxy groups -OCH3 is 2. The second kappa shape index (κ2) is 29.6. The van der Waals surface area contributed by atoms with Gasteiger partial charge in [-0.3, -0.25) is 9.59 Å². The van der Waals surface area contributed by atoms with E-state index in [1.54, 1.807) is 32.2 Å². The summed E-state index contributed by atoms with van der Waals surface area (Å²) in [5.41, 5.74) is 2.38. The molecule has 0 spiro atoms. The summed E-state index contributed by atoms with van der Waals surface area (Å²) in [4.78, 5) is 34.2. The predicted molar refractivity (Wildman–Crippen MR) is 271 cm³/mol. The average molecular weight is 1010 g/mol. The first-order chi connectivity index (χ1) is 34.6. The van der Waals surface area contributed by atoms with Gasteiger partial charge >= 0.3 is 5.97 Å². The Hall–Kier alpha value is -4.19. The van der Waals surface area contributed by atoms with Crippen LogP contribution in [0.25, 0.3) is 6.08 Å². The normalized spacial score (nSPS) is 35.5. The van der Waals surface area contributed by atoms with Crippen LogP contribution in [0.3, 0.4) is 0 Å². The van der Waals surface area contributed by atoms with Gasteiger partial charge in [-0.05, 0) is 89.7 Å². The highest BCUT2D eigenvalue weighted by Gasteiger charge is 2.49. The zero-order valence-corrected chi connectivity index (χ0v) is 43.8. The molecule has 3 aliphatic rings. The highest BCUT2D eigenvalue weighted by atomic mass is 16.7. The molecule has 5 rings (SSSR count). The average Bonchev–Trinajstić information content (AvgIpc) is 3.36. The number of carbonyl (C=O) groups excluding carboxylic acids is 2. The number of aliphatic hydroxyl groups excluding tert-OH is 3. The van der Waals surface area contributed by atoms with Gasteiger partial charge in [-0.2, -0.15) is 0 Å². The second-order valence-electron chi connectivity index (χ2n) is 19.4. The maximum atomic E-state index is 14.1. The Morgan fingerprint density at radius 2 is 1.58 bits per heavy atom. The van der Waals surface area contributed by atoms with Crippen LogP contribution >= 0.6 is 0 Å². The molecular weight excluding hydrogens is 925 g/mol. The van der Waals surface area contributed by atoms with Crippen molar-refractivity contribution in [2.45, 2.75) is 147 Å². The predicted octanol–water partition coefficient (Wildman–Crippen LogP) is 5.56. The minimum Gasteiger partial charge on any atom is -0.462 e. The lowest BCUT2D eigenvalue weighted by Gasteiger charge is -2.48. The number of allylic oxidation sites excluding steroid dienone is 3. The fourth-order valence-electron chi connectivity index (χ4n) is 9.73. The van der Waals surface area contributed by atoms with E-state index >= 15 is 0 Å². The first-order valence-electron chi connectivity index (χ1n) is 25.3. The molecule has 398 valence electrons. The summed E-state index contributed by atoms with van der Waals surface area (Å²) in [6.07, 6.45) is 1.13. The lowest BCUT2D eigenvalue weighted by Crippen LogP contribution is -2.64. The van der Waals surface area contributed by atoms with Crippen molar-refractivity contribution in [3.05, 3.63) is 95.9 Å². The van der Waals surface area contributed by atoms with E-state index in [0.29, 0.717) is 31.6 Å². The summed E-state index contributed by atoms with van der Waals surface area (Å²) < 4.78 is 55.6. The zero-order chi connectivity index (χ0) is 52.3. The van der Waals surface area contributed by atoms with Gasteiger partial charge in [0.25, 0.3) is 0 Å². The van der Waals surface area contributed by atoms with Gasteiger partial charge in [0.15, 0.2) is 18.4 Å². The lowest BCUT2D eigenvalue weighted by atomic mass is 9.79. The van der Waals surface area contributed by atoms with Crippen molar-refractivity contribution >= 4 is 17.8 Å². The second-order valence-corrected chi connectivity index (χ2v) is 19.4. The van der Waals surface area contributed by atoms with Crippen molar-refractivity contribution in [3.8, 4) is 11.8 Å². The number of likely N-dealkylation sites (N-methyl/N-ethyl adjacent to an activating group) is 1. The molecule has 16 heteroatoms. The molecular formula is C56H80N2O14. The van der Waals surface area contributed by atoms with Gasteiger partial charge in [0, 0.05) is 44.8 Å². The largest absolute Gasteiger partial charge is 0.462 e. The van der Waals surface area contributed by atoms with Crippen molar-refractivity contribution < 1.29 is 67.5 Å². The number of aliphatic hydroxyl groups is 3. The number of pyridine rings is 1. The van der Waals surface area contributed by atoms with Crippen molar-refractivity contribution in [1.29, 1.82) is 0 Å². The van der Waals surface area contributed by atoms with Crippen LogP contribution in [-0.2, 0) is 52.2 Å². The van der Waals surface area contributed by atoms with E-state index < -0.39 is 109 Å². The fraction of sp³-hybridized carbons (Fsp3) is 0.625. The third kappa shape index (κ3) is 16.9. The molecule has 17 atom stereocenters. The summed E-state index contributed by atoms with van der Waals surface area (Å²) in [5.74, 6) is 3.06. The summed E-state index contributed by atoms with van der Waals surface area (Å²) in [5, 5.41) is 35.0. The summed E-state index contributed by atoms with van der Waals surface area (Å²) >= 11 is 0. The monoisotopic (exact) mass is 1000 g/mol.